The lowest BCUT2D eigenvalue weighted by atomic mass is 10.4. The minimum atomic E-state index is 0.609. The van der Waals surface area contributed by atoms with Gasteiger partial charge in [-0.2, -0.15) is 2.90 Å². The molecule has 56 valence electrons. The summed E-state index contributed by atoms with van der Waals surface area (Å²) in [5.74, 6) is 0. The molecule has 2 aromatic rings. The molecule has 0 amide bonds. The molecule has 0 aliphatic rings. The zero-order valence-corrected chi connectivity index (χ0v) is 7.56. The molecule has 2 rings (SSSR count). The number of rotatable bonds is 0. The molecule has 2 aromatic heterocycles. The van der Waals surface area contributed by atoms with Crippen LogP contribution in [0.15, 0.2) is 12.3 Å². The Bertz CT molecular complexity index is 395. The lowest BCUT2D eigenvalue weighted by molar-refractivity contribution is 0.933. The Kier molecular flexibility index (Phi) is 1.41. The molecule has 11 heavy (non-hydrogen) atoms. The average Bonchev–Trinajstić information content (AvgIpc) is 2.35. The SMILES string of the molecule is Nc1ccnc2c1nnn2I. The zero-order chi connectivity index (χ0) is 7.84. The van der Waals surface area contributed by atoms with Crippen LogP contribution >= 0.6 is 22.9 Å². The number of pyridine rings is 1. The highest BCUT2D eigenvalue weighted by atomic mass is 127. The Morgan fingerprint density at radius 2 is 2.36 bits per heavy atom. The van der Waals surface area contributed by atoms with Crippen LogP contribution in [0, 0.1) is 0 Å². The van der Waals surface area contributed by atoms with E-state index in [1.165, 1.54) is 0 Å². The van der Waals surface area contributed by atoms with Crippen molar-refractivity contribution in [3.63, 3.8) is 0 Å². The maximum absolute atomic E-state index is 5.61. The van der Waals surface area contributed by atoms with Crippen molar-refractivity contribution < 1.29 is 0 Å². The molecule has 0 bridgehead atoms. The second-order valence-electron chi connectivity index (χ2n) is 2.02. The first kappa shape index (κ1) is 6.77. The van der Waals surface area contributed by atoms with Gasteiger partial charge in [-0.15, -0.1) is 5.10 Å². The first-order chi connectivity index (χ1) is 5.29. The fourth-order valence-corrected chi connectivity index (χ4v) is 1.27. The van der Waals surface area contributed by atoms with Crippen molar-refractivity contribution in [2.75, 3.05) is 5.73 Å². The molecule has 0 spiro atoms. The summed E-state index contributed by atoms with van der Waals surface area (Å²) in [7, 11) is 0. The van der Waals surface area contributed by atoms with Crippen molar-refractivity contribution in [3.8, 4) is 0 Å². The Labute approximate surface area is 76.1 Å². The van der Waals surface area contributed by atoms with E-state index in [1.807, 2.05) is 22.9 Å². The van der Waals surface area contributed by atoms with Crippen LogP contribution in [0.25, 0.3) is 11.2 Å². The third kappa shape index (κ3) is 0.934. The first-order valence-corrected chi connectivity index (χ1v) is 3.87. The van der Waals surface area contributed by atoms with Crippen LogP contribution in [-0.4, -0.2) is 18.2 Å². The molecular weight excluding hydrogens is 257 g/mol. The Hall–Kier alpha value is -0.920. The zero-order valence-electron chi connectivity index (χ0n) is 5.40. The van der Waals surface area contributed by atoms with Gasteiger partial charge in [-0.05, 0) is 6.07 Å². The van der Waals surface area contributed by atoms with Gasteiger partial charge in [0.05, 0.1) is 28.6 Å². The number of fused-ring (bicyclic) bond motifs is 1. The molecular formula is C5H4IN5. The van der Waals surface area contributed by atoms with Gasteiger partial charge in [-0.1, -0.05) is 5.21 Å². The molecule has 0 saturated carbocycles. The maximum Gasteiger partial charge on any atom is 0.191 e. The largest absolute Gasteiger partial charge is 0.397 e. The summed E-state index contributed by atoms with van der Waals surface area (Å²) in [6.45, 7) is 0. The van der Waals surface area contributed by atoms with Gasteiger partial charge in [0.2, 0.25) is 0 Å². The molecule has 5 nitrogen and oxygen atoms in total. The number of nitrogen functional groups attached to an aromatic ring is 1. The molecule has 0 saturated heterocycles. The van der Waals surface area contributed by atoms with E-state index in [4.69, 9.17) is 5.73 Å². The number of nitrogens with two attached hydrogens (primary N) is 1. The predicted octanol–water partition coefficient (Wildman–Crippen LogP) is 0.607. The number of nitrogens with zero attached hydrogens (tertiary/aromatic N) is 4. The van der Waals surface area contributed by atoms with E-state index in [9.17, 15) is 0 Å². The monoisotopic (exact) mass is 261 g/mol. The van der Waals surface area contributed by atoms with Crippen LogP contribution in [0.3, 0.4) is 0 Å². The standard InChI is InChI=1S/C5H4IN5/c6-11-5-4(9-10-11)3(7)1-2-8-5/h1-2H,(H2,7,8). The van der Waals surface area contributed by atoms with Crippen molar-refractivity contribution in [1.29, 1.82) is 0 Å². The Balaban J connectivity index is 2.94. The maximum atomic E-state index is 5.61. The summed E-state index contributed by atoms with van der Waals surface area (Å²) < 4.78 is 1.56. The van der Waals surface area contributed by atoms with Crippen LogP contribution in [0.1, 0.15) is 0 Å². The summed E-state index contributed by atoms with van der Waals surface area (Å²) in [6, 6.07) is 1.70. The van der Waals surface area contributed by atoms with Gasteiger partial charge >= 0.3 is 0 Å². The number of anilines is 1. The van der Waals surface area contributed by atoms with Crippen LogP contribution in [0.4, 0.5) is 5.69 Å². The summed E-state index contributed by atoms with van der Waals surface area (Å²) in [5.41, 5.74) is 7.57. The Morgan fingerprint density at radius 3 is 3.09 bits per heavy atom. The topological polar surface area (TPSA) is 69.6 Å². The molecule has 0 aromatic carbocycles. The van der Waals surface area contributed by atoms with Gasteiger partial charge in [0.1, 0.15) is 0 Å². The third-order valence-electron chi connectivity index (χ3n) is 1.33. The number of halogens is 1. The van der Waals surface area contributed by atoms with E-state index in [2.05, 4.69) is 15.3 Å². The summed E-state index contributed by atoms with van der Waals surface area (Å²) in [6.07, 6.45) is 1.64. The van der Waals surface area contributed by atoms with Crippen LogP contribution in [-0.2, 0) is 0 Å². The highest BCUT2D eigenvalue weighted by Gasteiger charge is 2.04. The van der Waals surface area contributed by atoms with Crippen molar-refractivity contribution in [2.45, 2.75) is 0 Å². The van der Waals surface area contributed by atoms with E-state index in [0.29, 0.717) is 16.9 Å². The van der Waals surface area contributed by atoms with Gasteiger partial charge in [-0.25, -0.2) is 4.98 Å². The molecule has 2 heterocycles. The summed E-state index contributed by atoms with van der Waals surface area (Å²) in [5, 5.41) is 7.60. The highest BCUT2D eigenvalue weighted by molar-refractivity contribution is 14.1. The molecule has 0 aliphatic carbocycles. The molecule has 0 atom stereocenters. The lowest BCUT2D eigenvalue weighted by Gasteiger charge is -1.90. The molecule has 2 N–H and O–H groups in total. The van der Waals surface area contributed by atoms with Gasteiger partial charge < -0.3 is 5.73 Å². The van der Waals surface area contributed by atoms with Gasteiger partial charge in [-0.3, -0.25) is 0 Å². The Morgan fingerprint density at radius 1 is 1.55 bits per heavy atom. The van der Waals surface area contributed by atoms with Crippen molar-refractivity contribution in [2.24, 2.45) is 0 Å². The summed E-state index contributed by atoms with van der Waals surface area (Å²) >= 11 is 1.99. The van der Waals surface area contributed by atoms with E-state index in [-0.39, 0.29) is 0 Å². The minimum Gasteiger partial charge on any atom is -0.397 e. The second-order valence-corrected chi connectivity index (χ2v) is 2.94. The highest BCUT2D eigenvalue weighted by Crippen LogP contribution is 2.15. The smallest absolute Gasteiger partial charge is 0.191 e. The van der Waals surface area contributed by atoms with Gasteiger partial charge in [0.25, 0.3) is 0 Å². The third-order valence-corrected chi connectivity index (χ3v) is 1.98. The fourth-order valence-electron chi connectivity index (χ4n) is 0.821. The molecule has 0 unspecified atom stereocenters. The van der Waals surface area contributed by atoms with E-state index in [1.54, 1.807) is 15.2 Å². The van der Waals surface area contributed by atoms with E-state index < -0.39 is 0 Å². The number of aromatic nitrogens is 4. The van der Waals surface area contributed by atoms with Crippen molar-refractivity contribution >= 4 is 39.7 Å². The summed E-state index contributed by atoms with van der Waals surface area (Å²) in [4.78, 5) is 4.05. The molecule has 6 heteroatoms. The van der Waals surface area contributed by atoms with E-state index in [0.717, 1.165) is 0 Å². The van der Waals surface area contributed by atoms with Gasteiger partial charge in [0, 0.05) is 6.20 Å². The molecule has 0 fully saturated rings. The van der Waals surface area contributed by atoms with Gasteiger partial charge in [0.15, 0.2) is 11.2 Å². The number of hydrogen-bond donors (Lipinski definition) is 1. The average molecular weight is 261 g/mol. The van der Waals surface area contributed by atoms with Crippen LogP contribution in [0.5, 0.6) is 0 Å². The lowest BCUT2D eigenvalue weighted by Crippen LogP contribution is -1.88. The quantitative estimate of drug-likeness (QED) is 0.705. The molecule has 0 aliphatic heterocycles. The fraction of sp³-hybridized carbons (Fsp3) is 0. The van der Waals surface area contributed by atoms with E-state index >= 15 is 0 Å². The number of hydrogen-bond acceptors (Lipinski definition) is 4. The van der Waals surface area contributed by atoms with Crippen LogP contribution in [0.2, 0.25) is 0 Å². The minimum absolute atomic E-state index is 0.609. The second kappa shape index (κ2) is 2.29. The van der Waals surface area contributed by atoms with Crippen molar-refractivity contribution in [1.82, 2.24) is 18.2 Å². The molecule has 0 radical (unpaired) electrons. The first-order valence-electron chi connectivity index (χ1n) is 2.91. The van der Waals surface area contributed by atoms with Crippen LogP contribution < -0.4 is 5.73 Å². The normalized spacial score (nSPS) is 10.6. The predicted molar refractivity (Wildman–Crippen MR) is 49.2 cm³/mol. The van der Waals surface area contributed by atoms with Crippen molar-refractivity contribution in [3.05, 3.63) is 12.3 Å².